The SMILES string of the molecule is COc1cc(-c2nnc3n2CCCC32Nc3ccccc3N(CC(F)(F)F)C2=O)ccc1-c1cnc(C)o1. The molecular formula is C26H23F3N6O3. The lowest BCUT2D eigenvalue weighted by atomic mass is 9.85. The molecule has 0 radical (unpaired) electrons. The first-order chi connectivity index (χ1) is 18.2. The first-order valence-electron chi connectivity index (χ1n) is 12.0. The number of amides is 1. The number of alkyl halides is 3. The van der Waals surface area contributed by atoms with Crippen LogP contribution < -0.4 is 15.0 Å². The maximum Gasteiger partial charge on any atom is 0.406 e. The maximum atomic E-state index is 13.8. The molecule has 2 aliphatic heterocycles. The summed E-state index contributed by atoms with van der Waals surface area (Å²) in [5, 5.41) is 12.0. The van der Waals surface area contributed by atoms with Crippen LogP contribution in [0.1, 0.15) is 24.6 Å². The van der Waals surface area contributed by atoms with Gasteiger partial charge in [-0.2, -0.15) is 13.2 Å². The predicted molar refractivity (Wildman–Crippen MR) is 132 cm³/mol. The molecule has 2 aromatic heterocycles. The van der Waals surface area contributed by atoms with E-state index in [4.69, 9.17) is 9.15 Å². The third-order valence-corrected chi connectivity index (χ3v) is 6.90. The molecule has 2 aliphatic rings. The van der Waals surface area contributed by atoms with Crippen LogP contribution in [0.25, 0.3) is 22.7 Å². The Morgan fingerprint density at radius 2 is 2.00 bits per heavy atom. The summed E-state index contributed by atoms with van der Waals surface area (Å²) in [6.45, 7) is 0.852. The minimum Gasteiger partial charge on any atom is -0.496 e. The lowest BCUT2D eigenvalue weighted by Gasteiger charge is -2.45. The van der Waals surface area contributed by atoms with Crippen LogP contribution in [0, 0.1) is 6.92 Å². The number of fused-ring (bicyclic) bond motifs is 3. The number of hydrogen-bond donors (Lipinski definition) is 1. The number of anilines is 2. The summed E-state index contributed by atoms with van der Waals surface area (Å²) in [5.74, 6) is 1.65. The summed E-state index contributed by atoms with van der Waals surface area (Å²) in [6.07, 6.45) is -2.15. The van der Waals surface area contributed by atoms with Gasteiger partial charge in [-0.25, -0.2) is 4.98 Å². The molecule has 4 aromatic rings. The number of hydrogen-bond acceptors (Lipinski definition) is 7. The number of aryl methyl sites for hydroxylation is 1. The predicted octanol–water partition coefficient (Wildman–Crippen LogP) is 4.93. The molecule has 1 spiro atoms. The van der Waals surface area contributed by atoms with Crippen LogP contribution in [-0.2, 0) is 16.9 Å². The number of rotatable bonds is 4. The van der Waals surface area contributed by atoms with E-state index < -0.39 is 24.2 Å². The van der Waals surface area contributed by atoms with E-state index in [1.807, 2.05) is 12.1 Å². The van der Waals surface area contributed by atoms with Gasteiger partial charge in [-0.05, 0) is 37.1 Å². The molecule has 1 N–H and O–H groups in total. The van der Waals surface area contributed by atoms with Gasteiger partial charge in [0.2, 0.25) is 0 Å². The van der Waals surface area contributed by atoms with Crippen LogP contribution in [0.2, 0.25) is 0 Å². The van der Waals surface area contributed by atoms with Gasteiger partial charge in [-0.3, -0.25) is 9.69 Å². The van der Waals surface area contributed by atoms with E-state index in [2.05, 4.69) is 20.5 Å². The minimum absolute atomic E-state index is 0.181. The van der Waals surface area contributed by atoms with Gasteiger partial charge in [0, 0.05) is 19.0 Å². The number of aromatic nitrogens is 4. The molecule has 12 heteroatoms. The summed E-state index contributed by atoms with van der Waals surface area (Å²) in [5.41, 5.74) is 0.511. The van der Waals surface area contributed by atoms with E-state index >= 15 is 0 Å². The molecule has 0 saturated carbocycles. The van der Waals surface area contributed by atoms with Crippen molar-refractivity contribution in [2.75, 3.05) is 23.9 Å². The molecule has 38 heavy (non-hydrogen) atoms. The van der Waals surface area contributed by atoms with Crippen molar-refractivity contribution in [3.05, 3.63) is 60.4 Å². The summed E-state index contributed by atoms with van der Waals surface area (Å²) < 4.78 is 53.7. The summed E-state index contributed by atoms with van der Waals surface area (Å²) in [7, 11) is 1.54. The number of oxazole rings is 1. The Hall–Kier alpha value is -4.35. The number of carbonyl (C=O) groups excluding carboxylic acids is 1. The number of benzene rings is 2. The van der Waals surface area contributed by atoms with Crippen molar-refractivity contribution in [1.82, 2.24) is 19.7 Å². The average molecular weight is 525 g/mol. The molecule has 1 amide bonds. The standard InChI is InChI=1S/C26H23F3N6O3/c1-15-30-13-21(38-15)17-9-8-16(12-20(17)37-2)22-32-33-23-25(10-5-11-34(22)23)24(36)35(14-26(27,28)29)19-7-4-3-6-18(19)31-25/h3-4,6-9,12-13,31H,5,10-11,14H2,1-2H3. The molecule has 0 fully saturated rings. The number of halogens is 3. The third-order valence-electron chi connectivity index (χ3n) is 6.90. The summed E-state index contributed by atoms with van der Waals surface area (Å²) in [4.78, 5) is 18.7. The van der Waals surface area contributed by atoms with Crippen LogP contribution >= 0.6 is 0 Å². The number of carbonyl (C=O) groups is 1. The highest BCUT2D eigenvalue weighted by Crippen LogP contribution is 2.46. The summed E-state index contributed by atoms with van der Waals surface area (Å²) in [6, 6.07) is 11.9. The van der Waals surface area contributed by atoms with E-state index in [0.29, 0.717) is 53.0 Å². The average Bonchev–Trinajstić information content (AvgIpc) is 3.53. The van der Waals surface area contributed by atoms with Gasteiger partial charge >= 0.3 is 6.18 Å². The van der Waals surface area contributed by atoms with Crippen molar-refractivity contribution in [2.45, 2.75) is 38.0 Å². The second kappa shape index (κ2) is 8.61. The Kier molecular flexibility index (Phi) is 5.44. The quantitative estimate of drug-likeness (QED) is 0.404. The second-order valence-electron chi connectivity index (χ2n) is 9.31. The van der Waals surface area contributed by atoms with Crippen molar-refractivity contribution < 1.29 is 27.1 Å². The number of ether oxygens (including phenoxy) is 1. The van der Waals surface area contributed by atoms with E-state index in [-0.39, 0.29) is 17.9 Å². The lowest BCUT2D eigenvalue weighted by molar-refractivity contribution is -0.136. The van der Waals surface area contributed by atoms with Gasteiger partial charge in [0.1, 0.15) is 12.3 Å². The van der Waals surface area contributed by atoms with Crippen molar-refractivity contribution in [3.63, 3.8) is 0 Å². The van der Waals surface area contributed by atoms with E-state index in [1.54, 1.807) is 42.0 Å². The van der Waals surface area contributed by atoms with E-state index in [0.717, 1.165) is 4.90 Å². The van der Waals surface area contributed by atoms with Crippen molar-refractivity contribution in [3.8, 4) is 28.5 Å². The molecule has 0 bridgehead atoms. The largest absolute Gasteiger partial charge is 0.496 e. The van der Waals surface area contributed by atoms with Gasteiger partial charge in [0.15, 0.2) is 28.8 Å². The zero-order valence-electron chi connectivity index (χ0n) is 20.5. The molecule has 0 aliphatic carbocycles. The molecule has 196 valence electrons. The van der Waals surface area contributed by atoms with Crippen molar-refractivity contribution in [1.29, 1.82) is 0 Å². The molecule has 1 atom stereocenters. The Balaban J connectivity index is 1.44. The molecule has 0 saturated heterocycles. The fourth-order valence-electron chi connectivity index (χ4n) is 5.27. The van der Waals surface area contributed by atoms with Gasteiger partial charge in [0.25, 0.3) is 5.91 Å². The fraction of sp³-hybridized carbons (Fsp3) is 0.308. The third kappa shape index (κ3) is 3.78. The van der Waals surface area contributed by atoms with Crippen molar-refractivity contribution in [2.24, 2.45) is 0 Å². The second-order valence-corrected chi connectivity index (χ2v) is 9.31. The Bertz CT molecular complexity index is 1550. The van der Waals surface area contributed by atoms with Crippen LogP contribution in [0.5, 0.6) is 5.75 Å². The van der Waals surface area contributed by atoms with Crippen molar-refractivity contribution >= 4 is 17.3 Å². The van der Waals surface area contributed by atoms with Crippen LogP contribution in [-0.4, -0.2) is 45.5 Å². The molecular weight excluding hydrogens is 501 g/mol. The Labute approximate surface area is 215 Å². The summed E-state index contributed by atoms with van der Waals surface area (Å²) >= 11 is 0. The Morgan fingerprint density at radius 3 is 2.74 bits per heavy atom. The zero-order valence-corrected chi connectivity index (χ0v) is 20.5. The first kappa shape index (κ1) is 24.0. The van der Waals surface area contributed by atoms with E-state index in [9.17, 15) is 18.0 Å². The minimum atomic E-state index is -4.57. The molecule has 4 heterocycles. The number of para-hydroxylation sites is 2. The lowest BCUT2D eigenvalue weighted by Crippen LogP contribution is -2.59. The number of nitrogens with one attached hydrogen (secondary N) is 1. The molecule has 1 unspecified atom stereocenters. The molecule has 9 nitrogen and oxygen atoms in total. The Morgan fingerprint density at radius 1 is 1.18 bits per heavy atom. The van der Waals surface area contributed by atoms with Gasteiger partial charge in [-0.1, -0.05) is 18.2 Å². The number of methoxy groups -OCH3 is 1. The molecule has 6 rings (SSSR count). The van der Waals surface area contributed by atoms with Gasteiger partial charge in [-0.15, -0.1) is 10.2 Å². The highest BCUT2D eigenvalue weighted by molar-refractivity contribution is 6.08. The highest BCUT2D eigenvalue weighted by atomic mass is 19.4. The molecule has 2 aromatic carbocycles. The first-order valence-corrected chi connectivity index (χ1v) is 12.0. The highest BCUT2D eigenvalue weighted by Gasteiger charge is 2.54. The number of nitrogens with zero attached hydrogens (tertiary/aromatic N) is 5. The zero-order chi connectivity index (χ0) is 26.7. The fourth-order valence-corrected chi connectivity index (χ4v) is 5.27. The van der Waals surface area contributed by atoms with Crippen LogP contribution in [0.4, 0.5) is 24.5 Å². The topological polar surface area (TPSA) is 98.3 Å². The smallest absolute Gasteiger partial charge is 0.406 e. The normalized spacial score (nSPS) is 18.8. The monoisotopic (exact) mass is 524 g/mol. The van der Waals surface area contributed by atoms with Gasteiger partial charge in [0.05, 0.1) is 30.2 Å². The van der Waals surface area contributed by atoms with Crippen LogP contribution in [0.3, 0.4) is 0 Å². The van der Waals surface area contributed by atoms with Gasteiger partial charge < -0.3 is 19.0 Å². The van der Waals surface area contributed by atoms with E-state index in [1.165, 1.54) is 13.2 Å². The van der Waals surface area contributed by atoms with Crippen LogP contribution in [0.15, 0.2) is 53.1 Å². The maximum absolute atomic E-state index is 13.8.